The summed E-state index contributed by atoms with van der Waals surface area (Å²) in [6.45, 7) is 1.27. The van der Waals surface area contributed by atoms with Crippen molar-refractivity contribution in [3.63, 3.8) is 0 Å². The third-order valence-corrected chi connectivity index (χ3v) is 7.23. The molecule has 0 aliphatic heterocycles. The minimum atomic E-state index is -4.27. The molecule has 0 radical (unpaired) electrons. The molecule has 0 spiro atoms. The van der Waals surface area contributed by atoms with Gasteiger partial charge in [-0.15, -0.1) is 0 Å². The monoisotopic (exact) mass is 636 g/mol. The maximum Gasteiger partial charge on any atom is 0.339 e. The smallest absolute Gasteiger partial charge is 0.339 e. The summed E-state index contributed by atoms with van der Waals surface area (Å²) in [5.41, 5.74) is -0.480. The highest BCUT2D eigenvalue weighted by molar-refractivity contribution is 7.89. The van der Waals surface area contributed by atoms with Crippen molar-refractivity contribution in [2.45, 2.75) is 37.2 Å². The zero-order valence-corrected chi connectivity index (χ0v) is 23.6. The SMILES string of the molecule is CCc1ccc(C(=O)O)cc1F.O=C[C@H](CC(=O)O)NC(=O)c1ccc(CNS(=O)(=O)c2ccc(O)c(C(=O)O)c2)c(F)c1. The second-order valence-corrected chi connectivity index (χ2v) is 10.7. The largest absolute Gasteiger partial charge is 0.507 e. The van der Waals surface area contributed by atoms with Crippen LogP contribution in [0.5, 0.6) is 5.75 Å². The molecule has 0 aliphatic carbocycles. The topological polar surface area (TPSA) is 224 Å². The average Bonchev–Trinajstić information content (AvgIpc) is 2.96. The molecule has 1 amide bonds. The van der Waals surface area contributed by atoms with Gasteiger partial charge in [-0.25, -0.2) is 31.5 Å². The van der Waals surface area contributed by atoms with Crippen LogP contribution >= 0.6 is 0 Å². The number of hydrogen-bond donors (Lipinski definition) is 6. The summed E-state index contributed by atoms with van der Waals surface area (Å²) in [5.74, 6) is -6.90. The van der Waals surface area contributed by atoms with Crippen LogP contribution in [0.25, 0.3) is 0 Å². The van der Waals surface area contributed by atoms with Crippen molar-refractivity contribution in [2.24, 2.45) is 0 Å². The Kier molecular flexibility index (Phi) is 12.2. The number of aromatic hydroxyl groups is 1. The first-order valence-electron chi connectivity index (χ1n) is 12.4. The number of nitrogens with one attached hydrogen (secondary N) is 2. The number of carbonyl (C=O) groups is 5. The van der Waals surface area contributed by atoms with Gasteiger partial charge in [0.2, 0.25) is 10.0 Å². The lowest BCUT2D eigenvalue weighted by Gasteiger charge is -2.12. The third kappa shape index (κ3) is 9.67. The number of aryl methyl sites for hydroxylation is 1. The first-order chi connectivity index (χ1) is 20.6. The van der Waals surface area contributed by atoms with E-state index in [9.17, 15) is 46.3 Å². The van der Waals surface area contributed by atoms with Crippen molar-refractivity contribution < 1.29 is 61.6 Å². The number of carboxylic acid groups (broad SMARTS) is 3. The number of phenols is 1. The van der Waals surface area contributed by atoms with Gasteiger partial charge in [-0.05, 0) is 54.4 Å². The van der Waals surface area contributed by atoms with E-state index in [4.69, 9.17) is 15.3 Å². The van der Waals surface area contributed by atoms with E-state index in [1.807, 2.05) is 6.92 Å². The number of sulfonamides is 1. The van der Waals surface area contributed by atoms with Crippen molar-refractivity contribution >= 4 is 40.1 Å². The fourth-order valence-electron chi connectivity index (χ4n) is 3.48. The van der Waals surface area contributed by atoms with Crippen LogP contribution in [0.4, 0.5) is 8.78 Å². The van der Waals surface area contributed by atoms with Crippen LogP contribution in [0.3, 0.4) is 0 Å². The zero-order valence-electron chi connectivity index (χ0n) is 22.8. The van der Waals surface area contributed by atoms with Gasteiger partial charge in [0, 0.05) is 17.7 Å². The van der Waals surface area contributed by atoms with E-state index in [-0.39, 0.29) is 23.0 Å². The predicted octanol–water partition coefficient (Wildman–Crippen LogP) is 2.57. The molecule has 3 aromatic rings. The number of amides is 1. The van der Waals surface area contributed by atoms with Crippen molar-refractivity contribution in [3.05, 3.63) is 94.0 Å². The van der Waals surface area contributed by atoms with E-state index in [1.54, 1.807) is 0 Å². The summed E-state index contributed by atoms with van der Waals surface area (Å²) >= 11 is 0. The van der Waals surface area contributed by atoms with Gasteiger partial charge < -0.3 is 30.5 Å². The first-order valence-corrected chi connectivity index (χ1v) is 13.9. The van der Waals surface area contributed by atoms with Crippen molar-refractivity contribution in [1.29, 1.82) is 0 Å². The number of hydrogen-bond acceptors (Lipinski definition) is 8. The lowest BCUT2D eigenvalue weighted by atomic mass is 10.1. The first kappa shape index (κ1) is 35.0. The molecule has 0 saturated heterocycles. The van der Waals surface area contributed by atoms with Gasteiger partial charge >= 0.3 is 17.9 Å². The summed E-state index contributed by atoms with van der Waals surface area (Å²) < 4.78 is 54.1. The van der Waals surface area contributed by atoms with Crippen molar-refractivity contribution in [2.75, 3.05) is 0 Å². The Morgan fingerprint density at radius 3 is 1.98 bits per heavy atom. The third-order valence-electron chi connectivity index (χ3n) is 5.83. The van der Waals surface area contributed by atoms with Crippen LogP contribution in [-0.2, 0) is 32.6 Å². The zero-order chi connectivity index (χ0) is 33.2. The Balaban J connectivity index is 0.000000469. The van der Waals surface area contributed by atoms with Gasteiger partial charge in [0.1, 0.15) is 29.2 Å². The maximum absolute atomic E-state index is 14.4. The van der Waals surface area contributed by atoms with E-state index in [2.05, 4.69) is 10.0 Å². The fraction of sp³-hybridized carbons (Fsp3) is 0.179. The van der Waals surface area contributed by atoms with Gasteiger partial charge in [0.25, 0.3) is 5.91 Å². The minimum absolute atomic E-state index is 0.00954. The van der Waals surface area contributed by atoms with Gasteiger partial charge in [0.05, 0.1) is 22.9 Å². The Labute approximate surface area is 248 Å². The van der Waals surface area contributed by atoms with E-state index < -0.39 is 80.7 Å². The molecule has 0 fully saturated rings. The highest BCUT2D eigenvalue weighted by atomic mass is 32.2. The standard InChI is InChI=1S/C19H17FN2O9S.C9H9FO2/c20-15-5-10(18(27)22-12(9-23)6-17(25)26)1-2-11(15)8-21-32(30,31)13-3-4-16(24)14(7-13)19(28)29;1-2-6-3-4-7(9(11)12)5-8(6)10/h1-5,7,9,12,21,24H,6,8H2,(H,22,27)(H,25,26)(H,28,29);3-5H,2H2,1H3,(H,11,12)/t12-;/m0./s1. The quantitative estimate of drug-likeness (QED) is 0.158. The summed E-state index contributed by atoms with van der Waals surface area (Å²) in [5, 5.41) is 37.8. The molecule has 0 heterocycles. The van der Waals surface area contributed by atoms with Crippen LogP contribution < -0.4 is 10.0 Å². The minimum Gasteiger partial charge on any atom is -0.507 e. The number of benzene rings is 3. The predicted molar refractivity (Wildman–Crippen MR) is 148 cm³/mol. The van der Waals surface area contributed by atoms with Crippen molar-refractivity contribution in [1.82, 2.24) is 10.0 Å². The van der Waals surface area contributed by atoms with Crippen LogP contribution in [0, 0.1) is 11.6 Å². The van der Waals surface area contributed by atoms with Crippen molar-refractivity contribution in [3.8, 4) is 5.75 Å². The Morgan fingerprint density at radius 2 is 1.45 bits per heavy atom. The molecular formula is C28H26F2N2O11S. The molecule has 234 valence electrons. The molecule has 44 heavy (non-hydrogen) atoms. The molecule has 3 rings (SSSR count). The summed E-state index contributed by atoms with van der Waals surface area (Å²) in [6, 6.07) is 8.28. The van der Waals surface area contributed by atoms with Crippen LogP contribution in [0.2, 0.25) is 0 Å². The summed E-state index contributed by atoms with van der Waals surface area (Å²) in [7, 11) is -4.27. The van der Waals surface area contributed by atoms with Gasteiger partial charge in [-0.1, -0.05) is 19.1 Å². The van der Waals surface area contributed by atoms with Crippen LogP contribution in [-0.4, -0.2) is 65.0 Å². The highest BCUT2D eigenvalue weighted by Gasteiger charge is 2.21. The summed E-state index contributed by atoms with van der Waals surface area (Å²) in [6.07, 6.45) is 0.148. The number of aliphatic carboxylic acids is 1. The van der Waals surface area contributed by atoms with Gasteiger partial charge in [0.15, 0.2) is 0 Å². The molecule has 0 aliphatic rings. The van der Waals surface area contributed by atoms with Crippen LogP contribution in [0.1, 0.15) is 55.5 Å². The lowest BCUT2D eigenvalue weighted by Crippen LogP contribution is -2.37. The molecule has 6 N–H and O–H groups in total. The van der Waals surface area contributed by atoms with E-state index in [0.29, 0.717) is 12.0 Å². The van der Waals surface area contributed by atoms with E-state index in [1.165, 1.54) is 12.1 Å². The Hall–Kier alpha value is -5.22. The van der Waals surface area contributed by atoms with Gasteiger partial charge in [-0.2, -0.15) is 0 Å². The maximum atomic E-state index is 14.4. The molecule has 0 unspecified atom stereocenters. The van der Waals surface area contributed by atoms with E-state index in [0.717, 1.165) is 42.5 Å². The second kappa shape index (κ2) is 15.3. The molecule has 0 bridgehead atoms. The molecular weight excluding hydrogens is 610 g/mol. The number of aromatic carboxylic acids is 2. The molecule has 0 aromatic heterocycles. The molecule has 3 aromatic carbocycles. The van der Waals surface area contributed by atoms with Gasteiger partial charge in [-0.3, -0.25) is 9.59 Å². The highest BCUT2D eigenvalue weighted by Crippen LogP contribution is 2.22. The Bertz CT molecular complexity index is 1690. The number of rotatable bonds is 12. The fourth-order valence-corrected chi connectivity index (χ4v) is 4.51. The lowest BCUT2D eigenvalue weighted by molar-refractivity contribution is -0.138. The number of carboxylic acids is 3. The second-order valence-electron chi connectivity index (χ2n) is 8.89. The Morgan fingerprint density at radius 1 is 0.864 bits per heavy atom. The van der Waals surface area contributed by atoms with Crippen LogP contribution in [0.15, 0.2) is 59.5 Å². The molecule has 16 heteroatoms. The van der Waals surface area contributed by atoms with E-state index >= 15 is 0 Å². The molecule has 0 saturated carbocycles. The number of halogens is 2. The normalized spacial score (nSPS) is 11.4. The number of carbonyl (C=O) groups excluding carboxylic acids is 2. The average molecular weight is 637 g/mol. The summed E-state index contributed by atoms with van der Waals surface area (Å²) in [4.78, 5) is 54.5. The molecule has 13 nitrogen and oxygen atoms in total. The number of aldehydes is 1. The molecule has 1 atom stereocenters.